The first-order valence-electron chi connectivity index (χ1n) is 10.4. The van der Waals surface area contributed by atoms with E-state index < -0.39 is 11.9 Å². The van der Waals surface area contributed by atoms with E-state index in [-0.39, 0.29) is 24.4 Å². The van der Waals surface area contributed by atoms with Gasteiger partial charge in [-0.3, -0.25) is 9.59 Å². The first-order valence-corrected chi connectivity index (χ1v) is 10.4. The Labute approximate surface area is 188 Å². The monoisotopic (exact) mass is 445 g/mol. The van der Waals surface area contributed by atoms with Crippen molar-refractivity contribution in [1.29, 1.82) is 0 Å². The Bertz CT molecular complexity index is 1430. The Balaban J connectivity index is 1.52. The van der Waals surface area contributed by atoms with Crippen LogP contribution in [0.5, 0.6) is 17.2 Å². The van der Waals surface area contributed by atoms with Crippen LogP contribution in [0.1, 0.15) is 29.0 Å². The van der Waals surface area contributed by atoms with Gasteiger partial charge in [0.2, 0.25) is 0 Å². The molecule has 1 aliphatic heterocycles. The molecule has 0 unspecified atom stereocenters. The second kappa shape index (κ2) is 8.43. The van der Waals surface area contributed by atoms with Crippen LogP contribution >= 0.6 is 0 Å². The largest absolute Gasteiger partial charge is 0.493 e. The molecule has 0 spiro atoms. The summed E-state index contributed by atoms with van der Waals surface area (Å²) in [7, 11) is 1.51. The van der Waals surface area contributed by atoms with E-state index in [0.717, 1.165) is 5.56 Å². The summed E-state index contributed by atoms with van der Waals surface area (Å²) in [5, 5.41) is 0.673. The quantitative estimate of drug-likeness (QED) is 0.451. The number of nitrogens with one attached hydrogen (secondary N) is 1. The highest BCUT2D eigenvalue weighted by atomic mass is 19.1. The van der Waals surface area contributed by atoms with Crippen molar-refractivity contribution < 1.29 is 23.4 Å². The lowest BCUT2D eigenvalue weighted by Crippen LogP contribution is -2.28. The standard InChI is InChI=1S/C26H20FNO5/c1-31-22-12-16(9-10-21(22)32-14-15-5-4-6-17(27)11-15)19-13-23(29)33-25-18-7-2-3-8-20(18)28-26(30)24(19)25/h2-12,19H,13-14H2,1H3,(H,28,30)/t19-/m0/s1. The summed E-state index contributed by atoms with van der Waals surface area (Å²) in [6, 6.07) is 18.6. The van der Waals surface area contributed by atoms with E-state index in [9.17, 15) is 14.0 Å². The molecule has 0 radical (unpaired) electrons. The maximum atomic E-state index is 13.4. The predicted octanol–water partition coefficient (Wildman–Crippen LogP) is 4.70. The van der Waals surface area contributed by atoms with Crippen LogP contribution in [-0.2, 0) is 11.4 Å². The van der Waals surface area contributed by atoms with Gasteiger partial charge in [-0.15, -0.1) is 0 Å². The van der Waals surface area contributed by atoms with E-state index in [2.05, 4.69) is 4.98 Å². The number of fused-ring (bicyclic) bond motifs is 3. The van der Waals surface area contributed by atoms with E-state index in [1.165, 1.54) is 19.2 Å². The van der Waals surface area contributed by atoms with Gasteiger partial charge in [0.15, 0.2) is 11.5 Å². The zero-order valence-electron chi connectivity index (χ0n) is 17.8. The number of aromatic amines is 1. The van der Waals surface area contributed by atoms with Gasteiger partial charge in [-0.25, -0.2) is 4.39 Å². The number of carbonyl (C=O) groups is 1. The molecule has 1 aliphatic rings. The van der Waals surface area contributed by atoms with Crippen LogP contribution in [0.25, 0.3) is 10.9 Å². The molecule has 7 heteroatoms. The second-order valence-corrected chi connectivity index (χ2v) is 7.80. The molecule has 1 N–H and O–H groups in total. The van der Waals surface area contributed by atoms with Gasteiger partial charge in [0.1, 0.15) is 18.2 Å². The van der Waals surface area contributed by atoms with E-state index >= 15 is 0 Å². The number of H-pyrrole nitrogens is 1. The number of para-hydroxylation sites is 1. The first kappa shape index (κ1) is 20.8. The third-order valence-electron chi connectivity index (χ3n) is 5.72. The molecule has 2 heterocycles. The predicted molar refractivity (Wildman–Crippen MR) is 120 cm³/mol. The Morgan fingerprint density at radius 3 is 2.70 bits per heavy atom. The Kier molecular flexibility index (Phi) is 5.30. The highest BCUT2D eigenvalue weighted by molar-refractivity contribution is 5.91. The van der Waals surface area contributed by atoms with Crippen LogP contribution in [0.2, 0.25) is 0 Å². The molecule has 0 amide bonds. The Morgan fingerprint density at radius 2 is 1.88 bits per heavy atom. The summed E-state index contributed by atoms with van der Waals surface area (Å²) >= 11 is 0. The van der Waals surface area contributed by atoms with E-state index in [1.807, 2.05) is 12.1 Å². The highest BCUT2D eigenvalue weighted by Crippen LogP contribution is 2.42. The Morgan fingerprint density at radius 1 is 1.03 bits per heavy atom. The zero-order chi connectivity index (χ0) is 22.9. The number of rotatable bonds is 5. The van der Waals surface area contributed by atoms with Crippen molar-refractivity contribution >= 4 is 16.9 Å². The summed E-state index contributed by atoms with van der Waals surface area (Å²) < 4.78 is 30.3. The number of hydrogen-bond acceptors (Lipinski definition) is 5. The van der Waals surface area contributed by atoms with Crippen molar-refractivity contribution in [3.05, 3.63) is 99.6 Å². The SMILES string of the molecule is COc1cc([C@@H]2CC(=O)Oc3c2c(=O)[nH]c2ccccc32)ccc1OCc1cccc(F)c1. The average Bonchev–Trinajstić information content (AvgIpc) is 2.82. The highest BCUT2D eigenvalue weighted by Gasteiger charge is 2.33. The van der Waals surface area contributed by atoms with Crippen molar-refractivity contribution in [2.75, 3.05) is 7.11 Å². The number of ether oxygens (including phenoxy) is 3. The van der Waals surface area contributed by atoms with Gasteiger partial charge < -0.3 is 19.2 Å². The maximum absolute atomic E-state index is 13.4. The molecular weight excluding hydrogens is 425 g/mol. The number of hydrogen-bond donors (Lipinski definition) is 1. The smallest absolute Gasteiger partial charge is 0.312 e. The van der Waals surface area contributed by atoms with Gasteiger partial charge in [-0.05, 0) is 47.5 Å². The summed E-state index contributed by atoms with van der Waals surface area (Å²) in [6.07, 6.45) is 0.0288. The number of esters is 1. The number of halogens is 1. The number of methoxy groups -OCH3 is 1. The van der Waals surface area contributed by atoms with E-state index in [4.69, 9.17) is 14.2 Å². The lowest BCUT2D eigenvalue weighted by atomic mass is 9.86. The summed E-state index contributed by atoms with van der Waals surface area (Å²) in [5.74, 6) is -0.0346. The molecule has 0 saturated carbocycles. The molecular formula is C26H20FNO5. The second-order valence-electron chi connectivity index (χ2n) is 7.80. The van der Waals surface area contributed by atoms with Crippen LogP contribution in [0, 0.1) is 5.82 Å². The molecule has 0 aliphatic carbocycles. The lowest BCUT2D eigenvalue weighted by molar-refractivity contribution is -0.135. The molecule has 1 atom stereocenters. The van der Waals surface area contributed by atoms with Crippen LogP contribution in [-0.4, -0.2) is 18.1 Å². The van der Waals surface area contributed by atoms with Gasteiger partial charge in [-0.2, -0.15) is 0 Å². The van der Waals surface area contributed by atoms with Crippen LogP contribution in [0.15, 0.2) is 71.5 Å². The molecule has 0 saturated heterocycles. The molecule has 0 fully saturated rings. The zero-order valence-corrected chi connectivity index (χ0v) is 17.8. The molecule has 3 aromatic carbocycles. The number of carbonyl (C=O) groups excluding carboxylic acids is 1. The molecule has 166 valence electrons. The molecule has 6 nitrogen and oxygen atoms in total. The van der Waals surface area contributed by atoms with Gasteiger partial charge >= 0.3 is 5.97 Å². The van der Waals surface area contributed by atoms with Crippen LogP contribution < -0.4 is 19.8 Å². The minimum Gasteiger partial charge on any atom is -0.493 e. The fourth-order valence-electron chi connectivity index (χ4n) is 4.17. The first-order chi connectivity index (χ1) is 16.0. The average molecular weight is 445 g/mol. The van der Waals surface area contributed by atoms with Gasteiger partial charge in [0.25, 0.3) is 5.56 Å². The molecule has 5 rings (SSSR count). The summed E-state index contributed by atoms with van der Waals surface area (Å²) in [6.45, 7) is 0.164. The molecule has 1 aromatic heterocycles. The number of pyridine rings is 1. The molecule has 33 heavy (non-hydrogen) atoms. The minimum atomic E-state index is -0.499. The summed E-state index contributed by atoms with van der Waals surface area (Å²) in [5.41, 5.74) is 2.12. The minimum absolute atomic E-state index is 0.0288. The number of aromatic nitrogens is 1. The number of benzene rings is 3. The van der Waals surface area contributed by atoms with Gasteiger partial charge in [0.05, 0.1) is 24.6 Å². The topological polar surface area (TPSA) is 77.6 Å². The fraction of sp³-hybridized carbons (Fsp3) is 0.154. The lowest BCUT2D eigenvalue weighted by Gasteiger charge is -2.25. The molecule has 4 aromatic rings. The van der Waals surface area contributed by atoms with E-state index in [0.29, 0.717) is 39.3 Å². The fourth-order valence-corrected chi connectivity index (χ4v) is 4.17. The molecule has 0 bridgehead atoms. The van der Waals surface area contributed by atoms with Crippen LogP contribution in [0.4, 0.5) is 4.39 Å². The summed E-state index contributed by atoms with van der Waals surface area (Å²) in [4.78, 5) is 28.3. The van der Waals surface area contributed by atoms with Crippen molar-refractivity contribution in [3.8, 4) is 17.2 Å². The third kappa shape index (κ3) is 3.93. The van der Waals surface area contributed by atoms with Crippen molar-refractivity contribution in [3.63, 3.8) is 0 Å². The van der Waals surface area contributed by atoms with Crippen LogP contribution in [0.3, 0.4) is 0 Å². The van der Waals surface area contributed by atoms with Crippen molar-refractivity contribution in [2.45, 2.75) is 18.9 Å². The van der Waals surface area contributed by atoms with Crippen molar-refractivity contribution in [1.82, 2.24) is 4.98 Å². The van der Waals surface area contributed by atoms with Crippen molar-refractivity contribution in [2.24, 2.45) is 0 Å². The van der Waals surface area contributed by atoms with E-state index in [1.54, 1.807) is 42.5 Å². The Hall–Kier alpha value is -4.13. The third-order valence-corrected chi connectivity index (χ3v) is 5.72. The van der Waals surface area contributed by atoms with Gasteiger partial charge in [-0.1, -0.05) is 30.3 Å². The van der Waals surface area contributed by atoms with Gasteiger partial charge in [0, 0.05) is 11.3 Å². The normalized spacial score (nSPS) is 15.1. The maximum Gasteiger partial charge on any atom is 0.312 e.